The molecule has 0 saturated heterocycles. The predicted molar refractivity (Wildman–Crippen MR) is 79.4 cm³/mol. The van der Waals surface area contributed by atoms with Gasteiger partial charge in [0.1, 0.15) is 0 Å². The molecule has 98 valence electrons. The molecule has 0 spiro atoms. The van der Waals surface area contributed by atoms with E-state index in [9.17, 15) is 4.79 Å². The summed E-state index contributed by atoms with van der Waals surface area (Å²) in [4.78, 5) is 11.9. The van der Waals surface area contributed by atoms with E-state index in [0.29, 0.717) is 22.8 Å². The van der Waals surface area contributed by atoms with Crippen LogP contribution < -0.4 is 11.1 Å². The van der Waals surface area contributed by atoms with Crippen molar-refractivity contribution in [2.24, 2.45) is 0 Å². The fourth-order valence-corrected chi connectivity index (χ4v) is 2.03. The number of benzene rings is 2. The van der Waals surface area contributed by atoms with Crippen LogP contribution in [0.3, 0.4) is 0 Å². The number of anilines is 2. The zero-order chi connectivity index (χ0) is 13.8. The van der Waals surface area contributed by atoms with Gasteiger partial charge in [-0.05, 0) is 30.7 Å². The molecular formula is C15H15ClN2O. The van der Waals surface area contributed by atoms with Crippen molar-refractivity contribution in [3.05, 3.63) is 58.6 Å². The molecule has 2 rings (SSSR count). The number of nitrogens with one attached hydrogen (secondary N) is 1. The molecule has 0 aliphatic carbocycles. The molecule has 0 atom stereocenters. The van der Waals surface area contributed by atoms with E-state index in [0.717, 1.165) is 11.1 Å². The second kappa shape index (κ2) is 5.76. The van der Waals surface area contributed by atoms with Gasteiger partial charge in [0, 0.05) is 5.02 Å². The number of halogens is 1. The number of hydrogen-bond donors (Lipinski definition) is 2. The fourth-order valence-electron chi connectivity index (χ4n) is 1.85. The zero-order valence-corrected chi connectivity index (χ0v) is 11.4. The number of carbonyl (C=O) groups excluding carboxylic acids is 1. The Morgan fingerprint density at radius 1 is 1.26 bits per heavy atom. The number of rotatable bonds is 3. The quantitative estimate of drug-likeness (QED) is 0.843. The van der Waals surface area contributed by atoms with Crippen LogP contribution in [0.25, 0.3) is 0 Å². The van der Waals surface area contributed by atoms with E-state index in [2.05, 4.69) is 5.32 Å². The molecule has 0 saturated carbocycles. The first kappa shape index (κ1) is 13.4. The first-order chi connectivity index (χ1) is 9.04. The Balaban J connectivity index is 2.05. The van der Waals surface area contributed by atoms with Crippen molar-refractivity contribution in [3.63, 3.8) is 0 Å². The standard InChI is InChI=1S/C15H15ClN2O/c1-10-3-2-4-11(7-10)8-15(19)18-14-6-5-12(16)9-13(14)17/h2-7,9H,8,17H2,1H3,(H,18,19). The predicted octanol–water partition coefficient (Wildman–Crippen LogP) is 3.41. The molecule has 0 bridgehead atoms. The summed E-state index contributed by atoms with van der Waals surface area (Å²) in [6.45, 7) is 2.00. The first-order valence-corrected chi connectivity index (χ1v) is 6.33. The van der Waals surface area contributed by atoms with Gasteiger partial charge in [-0.25, -0.2) is 0 Å². The lowest BCUT2D eigenvalue weighted by atomic mass is 10.1. The van der Waals surface area contributed by atoms with E-state index in [1.54, 1.807) is 18.2 Å². The molecule has 4 heteroatoms. The van der Waals surface area contributed by atoms with E-state index in [1.807, 2.05) is 31.2 Å². The number of nitrogen functional groups attached to an aromatic ring is 1. The minimum absolute atomic E-state index is 0.0976. The average molecular weight is 275 g/mol. The van der Waals surface area contributed by atoms with Gasteiger partial charge in [-0.2, -0.15) is 0 Å². The third-order valence-electron chi connectivity index (χ3n) is 2.73. The molecule has 3 N–H and O–H groups in total. The summed E-state index contributed by atoms with van der Waals surface area (Å²) in [7, 11) is 0. The van der Waals surface area contributed by atoms with Gasteiger partial charge in [-0.1, -0.05) is 41.4 Å². The fraction of sp³-hybridized carbons (Fsp3) is 0.133. The van der Waals surface area contributed by atoms with Gasteiger partial charge in [0.15, 0.2) is 0 Å². The van der Waals surface area contributed by atoms with Crippen LogP contribution in [0.2, 0.25) is 5.02 Å². The molecule has 0 unspecified atom stereocenters. The van der Waals surface area contributed by atoms with Crippen molar-refractivity contribution < 1.29 is 4.79 Å². The molecule has 0 radical (unpaired) electrons. The van der Waals surface area contributed by atoms with Gasteiger partial charge in [-0.15, -0.1) is 0 Å². The lowest BCUT2D eigenvalue weighted by Crippen LogP contribution is -2.15. The minimum atomic E-state index is -0.0976. The van der Waals surface area contributed by atoms with Gasteiger partial charge in [0.25, 0.3) is 0 Å². The summed E-state index contributed by atoms with van der Waals surface area (Å²) >= 11 is 5.81. The Labute approximate surface area is 117 Å². The van der Waals surface area contributed by atoms with Gasteiger partial charge in [0.05, 0.1) is 17.8 Å². The Hall–Kier alpha value is -2.00. The van der Waals surface area contributed by atoms with Crippen molar-refractivity contribution in [1.82, 2.24) is 0 Å². The molecule has 0 aliphatic rings. The van der Waals surface area contributed by atoms with E-state index < -0.39 is 0 Å². The lowest BCUT2D eigenvalue weighted by molar-refractivity contribution is -0.115. The molecule has 2 aromatic carbocycles. The van der Waals surface area contributed by atoms with Gasteiger partial charge in [0.2, 0.25) is 5.91 Å². The number of aryl methyl sites for hydroxylation is 1. The smallest absolute Gasteiger partial charge is 0.228 e. The molecule has 0 aliphatic heterocycles. The van der Waals surface area contributed by atoms with Crippen molar-refractivity contribution in [2.75, 3.05) is 11.1 Å². The lowest BCUT2D eigenvalue weighted by Gasteiger charge is -2.08. The van der Waals surface area contributed by atoms with E-state index in [-0.39, 0.29) is 5.91 Å². The molecule has 0 aromatic heterocycles. The highest BCUT2D eigenvalue weighted by atomic mass is 35.5. The Morgan fingerprint density at radius 3 is 2.74 bits per heavy atom. The van der Waals surface area contributed by atoms with Crippen molar-refractivity contribution in [3.8, 4) is 0 Å². The Kier molecular flexibility index (Phi) is 4.07. The third kappa shape index (κ3) is 3.73. The summed E-state index contributed by atoms with van der Waals surface area (Å²) in [5, 5.41) is 3.33. The first-order valence-electron chi connectivity index (χ1n) is 5.95. The molecular weight excluding hydrogens is 260 g/mol. The highest BCUT2D eigenvalue weighted by Gasteiger charge is 2.07. The molecule has 3 nitrogen and oxygen atoms in total. The van der Waals surface area contributed by atoms with Crippen LogP contribution in [-0.2, 0) is 11.2 Å². The minimum Gasteiger partial charge on any atom is -0.397 e. The molecule has 1 amide bonds. The monoisotopic (exact) mass is 274 g/mol. The second-order valence-corrected chi connectivity index (χ2v) is 4.88. The van der Waals surface area contributed by atoms with Crippen LogP contribution in [0.5, 0.6) is 0 Å². The maximum absolute atomic E-state index is 11.9. The van der Waals surface area contributed by atoms with E-state index >= 15 is 0 Å². The van der Waals surface area contributed by atoms with Crippen molar-refractivity contribution in [1.29, 1.82) is 0 Å². The number of amides is 1. The number of carbonyl (C=O) groups is 1. The third-order valence-corrected chi connectivity index (χ3v) is 2.97. The maximum atomic E-state index is 11.9. The summed E-state index contributed by atoms with van der Waals surface area (Å²) in [5.74, 6) is -0.0976. The van der Waals surface area contributed by atoms with Crippen LogP contribution in [-0.4, -0.2) is 5.91 Å². The largest absolute Gasteiger partial charge is 0.397 e. The van der Waals surface area contributed by atoms with Crippen LogP contribution in [0.1, 0.15) is 11.1 Å². The summed E-state index contributed by atoms with van der Waals surface area (Å²) in [5.41, 5.74) is 8.95. The maximum Gasteiger partial charge on any atom is 0.228 e. The second-order valence-electron chi connectivity index (χ2n) is 4.45. The van der Waals surface area contributed by atoms with Crippen molar-refractivity contribution in [2.45, 2.75) is 13.3 Å². The molecule has 2 aromatic rings. The highest BCUT2D eigenvalue weighted by molar-refractivity contribution is 6.31. The summed E-state index contributed by atoms with van der Waals surface area (Å²) < 4.78 is 0. The normalized spacial score (nSPS) is 10.2. The van der Waals surface area contributed by atoms with Crippen LogP contribution in [0, 0.1) is 6.92 Å². The zero-order valence-electron chi connectivity index (χ0n) is 10.6. The van der Waals surface area contributed by atoms with E-state index in [4.69, 9.17) is 17.3 Å². The van der Waals surface area contributed by atoms with Crippen LogP contribution in [0.15, 0.2) is 42.5 Å². The van der Waals surface area contributed by atoms with Crippen LogP contribution in [0.4, 0.5) is 11.4 Å². The molecule has 19 heavy (non-hydrogen) atoms. The SMILES string of the molecule is Cc1cccc(CC(=O)Nc2ccc(Cl)cc2N)c1. The van der Waals surface area contributed by atoms with E-state index in [1.165, 1.54) is 0 Å². The molecule has 0 fully saturated rings. The van der Waals surface area contributed by atoms with Crippen LogP contribution >= 0.6 is 11.6 Å². The Morgan fingerprint density at radius 2 is 2.05 bits per heavy atom. The topological polar surface area (TPSA) is 55.1 Å². The van der Waals surface area contributed by atoms with Gasteiger partial charge >= 0.3 is 0 Å². The summed E-state index contributed by atoms with van der Waals surface area (Å²) in [6, 6.07) is 12.9. The Bertz CT molecular complexity index is 611. The average Bonchev–Trinajstić information content (AvgIpc) is 2.33. The number of hydrogen-bond acceptors (Lipinski definition) is 2. The molecule has 0 heterocycles. The highest BCUT2D eigenvalue weighted by Crippen LogP contribution is 2.22. The van der Waals surface area contributed by atoms with Crippen molar-refractivity contribution >= 4 is 28.9 Å². The summed E-state index contributed by atoms with van der Waals surface area (Å²) in [6.07, 6.45) is 0.323. The number of nitrogens with two attached hydrogens (primary N) is 1. The van der Waals surface area contributed by atoms with Gasteiger partial charge < -0.3 is 11.1 Å². The van der Waals surface area contributed by atoms with Gasteiger partial charge in [-0.3, -0.25) is 4.79 Å².